The summed E-state index contributed by atoms with van der Waals surface area (Å²) in [7, 11) is 0. The van der Waals surface area contributed by atoms with Crippen LogP contribution in [0, 0.1) is 5.92 Å². The molecule has 0 heterocycles. The average Bonchev–Trinajstić information content (AvgIpc) is 2.64. The first-order chi connectivity index (χ1) is 12.2. The van der Waals surface area contributed by atoms with Crippen molar-refractivity contribution >= 4 is 10.8 Å². The number of rotatable bonds is 8. The van der Waals surface area contributed by atoms with Crippen LogP contribution in [-0.4, -0.2) is 13.2 Å². The van der Waals surface area contributed by atoms with E-state index in [1.165, 1.54) is 48.4 Å². The molecule has 0 aliphatic heterocycles. The molecule has 2 aromatic carbocycles. The Morgan fingerprint density at radius 2 is 1.96 bits per heavy atom. The lowest BCUT2D eigenvalue weighted by Gasteiger charge is -2.17. The van der Waals surface area contributed by atoms with E-state index in [1.54, 1.807) is 5.57 Å². The van der Waals surface area contributed by atoms with Gasteiger partial charge in [0.05, 0.1) is 6.61 Å². The second-order valence-electron chi connectivity index (χ2n) is 7.50. The molecule has 25 heavy (non-hydrogen) atoms. The van der Waals surface area contributed by atoms with E-state index < -0.39 is 0 Å². The first kappa shape index (κ1) is 18.0. The van der Waals surface area contributed by atoms with Crippen molar-refractivity contribution in [3.8, 4) is 5.75 Å². The molecule has 2 aromatic rings. The van der Waals surface area contributed by atoms with E-state index in [-0.39, 0.29) is 0 Å². The fraction of sp³-hybridized carbons (Fsp3) is 0.478. The van der Waals surface area contributed by atoms with E-state index in [1.807, 2.05) is 0 Å². The number of benzene rings is 2. The maximum atomic E-state index is 6.10. The lowest BCUT2D eigenvalue weighted by molar-refractivity contribution is 0.268. The first-order valence-corrected chi connectivity index (χ1v) is 9.76. The van der Waals surface area contributed by atoms with Gasteiger partial charge in [-0.1, -0.05) is 55.8 Å². The smallest absolute Gasteiger partial charge is 0.124 e. The maximum Gasteiger partial charge on any atom is 0.124 e. The van der Waals surface area contributed by atoms with Gasteiger partial charge in [0.2, 0.25) is 0 Å². The van der Waals surface area contributed by atoms with Gasteiger partial charge in [-0.05, 0) is 61.4 Å². The molecule has 1 aliphatic rings. The molecule has 0 bridgehead atoms. The molecule has 0 atom stereocenters. The minimum atomic E-state index is 0.533. The number of nitrogens with one attached hydrogen (secondary N) is 1. The minimum Gasteiger partial charge on any atom is -0.493 e. The molecule has 1 aliphatic carbocycles. The standard InChI is InChI=1S/C23H31NO/c1-18(2)17-25-23-13-12-20-10-6-7-11-21(20)22(23)16-24-15-14-19-8-4-3-5-9-19/h6-8,10-13,18,24H,3-5,9,14-17H2,1-2H3. The Morgan fingerprint density at radius 1 is 1.08 bits per heavy atom. The van der Waals surface area contributed by atoms with Crippen LogP contribution in [0.5, 0.6) is 5.75 Å². The van der Waals surface area contributed by atoms with Gasteiger partial charge in [-0.25, -0.2) is 0 Å². The summed E-state index contributed by atoms with van der Waals surface area (Å²) in [5.74, 6) is 1.56. The number of allylic oxidation sites excluding steroid dienone is 1. The topological polar surface area (TPSA) is 21.3 Å². The van der Waals surface area contributed by atoms with E-state index in [0.29, 0.717) is 5.92 Å². The van der Waals surface area contributed by atoms with Crippen LogP contribution in [0.25, 0.3) is 10.8 Å². The van der Waals surface area contributed by atoms with Crippen molar-refractivity contribution in [1.82, 2.24) is 5.32 Å². The fourth-order valence-corrected chi connectivity index (χ4v) is 3.48. The summed E-state index contributed by atoms with van der Waals surface area (Å²) in [6.45, 7) is 7.05. The molecule has 0 saturated heterocycles. The average molecular weight is 338 g/mol. The van der Waals surface area contributed by atoms with Crippen molar-refractivity contribution in [3.63, 3.8) is 0 Å². The third-order valence-electron chi connectivity index (χ3n) is 4.88. The van der Waals surface area contributed by atoms with Crippen molar-refractivity contribution in [2.75, 3.05) is 13.2 Å². The van der Waals surface area contributed by atoms with Gasteiger partial charge in [-0.3, -0.25) is 0 Å². The minimum absolute atomic E-state index is 0.533. The van der Waals surface area contributed by atoms with Crippen LogP contribution in [0.4, 0.5) is 0 Å². The zero-order chi connectivity index (χ0) is 17.5. The number of ether oxygens (including phenoxy) is 1. The molecule has 0 fully saturated rings. The highest BCUT2D eigenvalue weighted by Crippen LogP contribution is 2.28. The van der Waals surface area contributed by atoms with Gasteiger partial charge in [0.15, 0.2) is 0 Å². The number of hydrogen-bond acceptors (Lipinski definition) is 2. The van der Waals surface area contributed by atoms with Crippen LogP contribution < -0.4 is 10.1 Å². The lowest BCUT2D eigenvalue weighted by atomic mass is 9.97. The Morgan fingerprint density at radius 3 is 2.76 bits per heavy atom. The fourth-order valence-electron chi connectivity index (χ4n) is 3.48. The molecule has 0 saturated carbocycles. The Hall–Kier alpha value is -1.80. The van der Waals surface area contributed by atoms with E-state index in [9.17, 15) is 0 Å². The number of hydrogen-bond donors (Lipinski definition) is 1. The third-order valence-corrected chi connectivity index (χ3v) is 4.88. The Balaban J connectivity index is 1.68. The molecule has 0 aromatic heterocycles. The van der Waals surface area contributed by atoms with E-state index in [4.69, 9.17) is 4.74 Å². The molecule has 2 heteroatoms. The highest BCUT2D eigenvalue weighted by molar-refractivity contribution is 5.87. The Labute approximate surface area is 152 Å². The zero-order valence-corrected chi connectivity index (χ0v) is 15.7. The van der Waals surface area contributed by atoms with Crippen molar-refractivity contribution in [1.29, 1.82) is 0 Å². The predicted octanol–water partition coefficient (Wildman–Crippen LogP) is 5.85. The van der Waals surface area contributed by atoms with Crippen molar-refractivity contribution in [2.24, 2.45) is 5.92 Å². The molecular weight excluding hydrogens is 306 g/mol. The molecule has 0 spiro atoms. The van der Waals surface area contributed by atoms with Gasteiger partial charge in [-0.2, -0.15) is 0 Å². The molecule has 1 N–H and O–H groups in total. The second kappa shape index (κ2) is 9.05. The SMILES string of the molecule is CC(C)COc1ccc2ccccc2c1CNCCC1=CCCCC1. The maximum absolute atomic E-state index is 6.10. The van der Waals surface area contributed by atoms with E-state index in [0.717, 1.165) is 25.4 Å². The summed E-state index contributed by atoms with van der Waals surface area (Å²) in [5.41, 5.74) is 2.92. The molecular formula is C23H31NO. The van der Waals surface area contributed by atoms with E-state index >= 15 is 0 Å². The summed E-state index contributed by atoms with van der Waals surface area (Å²) in [4.78, 5) is 0. The van der Waals surface area contributed by atoms with Gasteiger partial charge in [-0.15, -0.1) is 0 Å². The molecule has 3 rings (SSSR count). The van der Waals surface area contributed by atoms with Crippen molar-refractivity contribution in [3.05, 3.63) is 53.6 Å². The van der Waals surface area contributed by atoms with Crippen LogP contribution in [0.2, 0.25) is 0 Å². The summed E-state index contributed by atoms with van der Waals surface area (Å²) >= 11 is 0. The monoisotopic (exact) mass is 337 g/mol. The van der Waals surface area contributed by atoms with Crippen LogP contribution in [0.1, 0.15) is 51.5 Å². The van der Waals surface area contributed by atoms with Gasteiger partial charge >= 0.3 is 0 Å². The predicted molar refractivity (Wildman–Crippen MR) is 107 cm³/mol. The quantitative estimate of drug-likeness (QED) is 0.481. The summed E-state index contributed by atoms with van der Waals surface area (Å²) in [5, 5.41) is 6.23. The van der Waals surface area contributed by atoms with E-state index in [2.05, 4.69) is 61.6 Å². The Kier molecular flexibility index (Phi) is 6.52. The highest BCUT2D eigenvalue weighted by Gasteiger charge is 2.10. The van der Waals surface area contributed by atoms with Gasteiger partial charge in [0.1, 0.15) is 5.75 Å². The zero-order valence-electron chi connectivity index (χ0n) is 15.7. The van der Waals surface area contributed by atoms with Gasteiger partial charge in [0, 0.05) is 12.1 Å². The summed E-state index contributed by atoms with van der Waals surface area (Å²) in [6, 6.07) is 12.9. The summed E-state index contributed by atoms with van der Waals surface area (Å²) in [6.07, 6.45) is 8.91. The van der Waals surface area contributed by atoms with Crippen molar-refractivity contribution in [2.45, 2.75) is 52.5 Å². The van der Waals surface area contributed by atoms with Crippen LogP contribution in [0.15, 0.2) is 48.0 Å². The molecule has 0 radical (unpaired) electrons. The molecule has 0 amide bonds. The molecule has 0 unspecified atom stereocenters. The largest absolute Gasteiger partial charge is 0.493 e. The second-order valence-corrected chi connectivity index (χ2v) is 7.50. The van der Waals surface area contributed by atoms with Gasteiger partial charge in [0.25, 0.3) is 0 Å². The highest BCUT2D eigenvalue weighted by atomic mass is 16.5. The number of fused-ring (bicyclic) bond motifs is 1. The molecule has 2 nitrogen and oxygen atoms in total. The van der Waals surface area contributed by atoms with Crippen molar-refractivity contribution < 1.29 is 4.74 Å². The lowest BCUT2D eigenvalue weighted by Crippen LogP contribution is -2.17. The van der Waals surface area contributed by atoms with Crippen LogP contribution >= 0.6 is 0 Å². The van der Waals surface area contributed by atoms with Crippen LogP contribution in [0.3, 0.4) is 0 Å². The molecule has 134 valence electrons. The summed E-state index contributed by atoms with van der Waals surface area (Å²) < 4.78 is 6.10. The van der Waals surface area contributed by atoms with Crippen LogP contribution in [-0.2, 0) is 6.54 Å². The first-order valence-electron chi connectivity index (χ1n) is 9.76. The Bertz CT molecular complexity index is 717. The normalized spacial score (nSPS) is 14.8. The third kappa shape index (κ3) is 5.09. The van der Waals surface area contributed by atoms with Gasteiger partial charge < -0.3 is 10.1 Å².